The Bertz CT molecular complexity index is 610. The number of carbonyl (C=O) groups is 2. The van der Waals surface area contributed by atoms with Crippen LogP contribution in [0.25, 0.3) is 0 Å². The Morgan fingerprint density at radius 3 is 2.80 bits per heavy atom. The Morgan fingerprint density at radius 2 is 2.12 bits per heavy atom. The summed E-state index contributed by atoms with van der Waals surface area (Å²) in [5.41, 5.74) is 0.319. The van der Waals surface area contributed by atoms with E-state index in [9.17, 15) is 9.59 Å². The minimum absolute atomic E-state index is 0.0645. The number of rotatable bonds is 4. The molecule has 25 heavy (non-hydrogen) atoms. The molecule has 3 aliphatic carbocycles. The topological polar surface area (TPSA) is 82.4 Å². The van der Waals surface area contributed by atoms with E-state index >= 15 is 0 Å². The smallest absolute Gasteiger partial charge is 0.302 e. The molecule has 0 unspecified atom stereocenters. The first-order chi connectivity index (χ1) is 12.0. The number of likely N-dealkylation sites (tertiary alicyclic amines) is 1. The number of hydrogen-bond acceptors (Lipinski definition) is 5. The van der Waals surface area contributed by atoms with E-state index in [-0.39, 0.29) is 24.0 Å². The van der Waals surface area contributed by atoms with Crippen molar-refractivity contribution in [1.82, 2.24) is 10.2 Å². The lowest BCUT2D eigenvalue weighted by Crippen LogP contribution is -2.45. The number of fused-ring (bicyclic) bond motifs is 2. The van der Waals surface area contributed by atoms with Crippen molar-refractivity contribution in [2.24, 2.45) is 17.3 Å². The number of nitrogens with one attached hydrogen (secondary N) is 1. The zero-order valence-corrected chi connectivity index (χ0v) is 14.9. The van der Waals surface area contributed by atoms with E-state index in [1.54, 1.807) is 4.90 Å². The number of ether oxygens (including phenoxy) is 1. The summed E-state index contributed by atoms with van der Waals surface area (Å²) in [7, 11) is 0. The molecule has 0 bridgehead atoms. The molecule has 0 aromatic carbocycles. The van der Waals surface area contributed by atoms with Crippen molar-refractivity contribution in [3.8, 4) is 6.07 Å². The molecule has 1 heterocycles. The first-order valence-electron chi connectivity index (χ1n) is 9.63. The van der Waals surface area contributed by atoms with Gasteiger partial charge in [0.25, 0.3) is 0 Å². The molecule has 1 saturated heterocycles. The predicted molar refractivity (Wildman–Crippen MR) is 90.2 cm³/mol. The van der Waals surface area contributed by atoms with Crippen LogP contribution in [0.4, 0.5) is 0 Å². The van der Waals surface area contributed by atoms with Crippen molar-refractivity contribution >= 4 is 11.9 Å². The van der Waals surface area contributed by atoms with Crippen LogP contribution in [0.2, 0.25) is 0 Å². The summed E-state index contributed by atoms with van der Waals surface area (Å²) in [6.07, 6.45) is 7.30. The van der Waals surface area contributed by atoms with Gasteiger partial charge in [-0.3, -0.25) is 9.59 Å². The number of esters is 1. The summed E-state index contributed by atoms with van der Waals surface area (Å²) in [6.45, 7) is 2.55. The second-order valence-corrected chi connectivity index (χ2v) is 8.35. The van der Waals surface area contributed by atoms with E-state index in [0.29, 0.717) is 36.4 Å². The van der Waals surface area contributed by atoms with Crippen LogP contribution in [-0.4, -0.2) is 48.1 Å². The third-order valence-electron chi connectivity index (χ3n) is 7.00. The molecule has 4 rings (SSSR count). The minimum Gasteiger partial charge on any atom is -0.463 e. The van der Waals surface area contributed by atoms with Crippen LogP contribution in [0, 0.1) is 28.6 Å². The molecule has 4 aliphatic rings. The van der Waals surface area contributed by atoms with Crippen molar-refractivity contribution < 1.29 is 14.3 Å². The molecular formula is C19H27N3O3. The number of hydrogen-bond donors (Lipinski definition) is 1. The summed E-state index contributed by atoms with van der Waals surface area (Å²) in [5.74, 6) is 1.13. The maximum atomic E-state index is 12.5. The summed E-state index contributed by atoms with van der Waals surface area (Å²) >= 11 is 0. The fourth-order valence-corrected chi connectivity index (χ4v) is 5.83. The lowest BCUT2D eigenvalue weighted by atomic mass is 9.87. The minimum atomic E-state index is -0.239. The summed E-state index contributed by atoms with van der Waals surface area (Å²) in [4.78, 5) is 25.4. The first kappa shape index (κ1) is 16.8. The van der Waals surface area contributed by atoms with Gasteiger partial charge in [0, 0.05) is 19.5 Å². The summed E-state index contributed by atoms with van der Waals surface area (Å²) in [6, 6.07) is 2.40. The van der Waals surface area contributed by atoms with Gasteiger partial charge in [-0.15, -0.1) is 0 Å². The monoisotopic (exact) mass is 345 g/mol. The fraction of sp³-hybridized carbons (Fsp3) is 0.842. The normalized spacial score (nSPS) is 37.8. The SMILES string of the molecule is CC(=O)O[C@@H]1C[C@@H]2C[C@@H](NCC(=O)N3CCC[C@H]3C#N)C3(CC3)[C@@H]2C1. The van der Waals surface area contributed by atoms with Crippen LogP contribution in [-0.2, 0) is 14.3 Å². The van der Waals surface area contributed by atoms with Crippen molar-refractivity contribution in [3.63, 3.8) is 0 Å². The van der Waals surface area contributed by atoms with Crippen molar-refractivity contribution in [2.45, 2.75) is 70.1 Å². The van der Waals surface area contributed by atoms with Gasteiger partial charge in [-0.05, 0) is 62.2 Å². The molecule has 1 spiro atoms. The Labute approximate surface area is 148 Å². The van der Waals surface area contributed by atoms with Gasteiger partial charge in [-0.25, -0.2) is 0 Å². The van der Waals surface area contributed by atoms with Crippen LogP contribution in [0.1, 0.15) is 51.9 Å². The molecule has 0 aromatic rings. The maximum Gasteiger partial charge on any atom is 0.302 e. The van der Waals surface area contributed by atoms with E-state index in [2.05, 4.69) is 11.4 Å². The molecule has 5 atom stereocenters. The van der Waals surface area contributed by atoms with Gasteiger partial charge < -0.3 is 15.0 Å². The molecule has 1 aliphatic heterocycles. The van der Waals surface area contributed by atoms with Crippen LogP contribution in [0.3, 0.4) is 0 Å². The highest BCUT2D eigenvalue weighted by atomic mass is 16.5. The molecule has 1 amide bonds. The Morgan fingerprint density at radius 1 is 1.32 bits per heavy atom. The number of nitriles is 1. The van der Waals surface area contributed by atoms with Gasteiger partial charge in [0.05, 0.1) is 12.6 Å². The van der Waals surface area contributed by atoms with E-state index in [1.807, 2.05) is 0 Å². The van der Waals surface area contributed by atoms with E-state index in [4.69, 9.17) is 10.00 Å². The lowest BCUT2D eigenvalue weighted by Gasteiger charge is -2.27. The van der Waals surface area contributed by atoms with Crippen LogP contribution >= 0.6 is 0 Å². The quantitative estimate of drug-likeness (QED) is 0.783. The third kappa shape index (κ3) is 2.93. The van der Waals surface area contributed by atoms with Crippen LogP contribution < -0.4 is 5.32 Å². The summed E-state index contributed by atoms with van der Waals surface area (Å²) in [5, 5.41) is 12.7. The van der Waals surface area contributed by atoms with E-state index in [0.717, 1.165) is 32.1 Å². The molecule has 136 valence electrons. The number of carbonyl (C=O) groups excluding carboxylic acids is 2. The Hall–Kier alpha value is -1.61. The highest BCUT2D eigenvalue weighted by molar-refractivity contribution is 5.79. The first-order valence-corrected chi connectivity index (χ1v) is 9.63. The van der Waals surface area contributed by atoms with Gasteiger partial charge in [0.2, 0.25) is 5.91 Å². The zero-order chi connectivity index (χ0) is 17.6. The third-order valence-corrected chi connectivity index (χ3v) is 7.00. The summed E-state index contributed by atoms with van der Waals surface area (Å²) < 4.78 is 5.44. The molecule has 6 nitrogen and oxygen atoms in total. The van der Waals surface area contributed by atoms with Gasteiger partial charge in [-0.1, -0.05) is 0 Å². The highest BCUT2D eigenvalue weighted by Crippen LogP contribution is 2.67. The molecule has 3 saturated carbocycles. The Kier molecular flexibility index (Phi) is 4.23. The van der Waals surface area contributed by atoms with E-state index < -0.39 is 0 Å². The van der Waals surface area contributed by atoms with Gasteiger partial charge >= 0.3 is 5.97 Å². The predicted octanol–water partition coefficient (Wildman–Crippen LogP) is 1.60. The molecule has 1 N–H and O–H groups in total. The molecule has 0 radical (unpaired) electrons. The Balaban J connectivity index is 1.33. The molecular weight excluding hydrogens is 318 g/mol. The van der Waals surface area contributed by atoms with Crippen molar-refractivity contribution in [3.05, 3.63) is 0 Å². The standard InChI is InChI=1S/C19H27N3O3/c1-12(23)25-15-7-13-8-17(19(4-5-19)16(13)9-15)21-11-18(24)22-6-2-3-14(22)10-20/h13-17,21H,2-9,11H2,1H3/t13-,14+,15-,16-,17-/m1/s1. The fourth-order valence-electron chi connectivity index (χ4n) is 5.83. The van der Waals surface area contributed by atoms with Crippen LogP contribution in [0.5, 0.6) is 0 Å². The average Bonchev–Trinajstić information content (AvgIpc) is 2.94. The lowest BCUT2D eigenvalue weighted by molar-refractivity contribution is -0.146. The maximum absolute atomic E-state index is 12.5. The van der Waals surface area contributed by atoms with Gasteiger partial charge in [-0.2, -0.15) is 5.26 Å². The zero-order valence-electron chi connectivity index (χ0n) is 14.9. The number of amides is 1. The van der Waals surface area contributed by atoms with E-state index in [1.165, 1.54) is 19.8 Å². The largest absolute Gasteiger partial charge is 0.463 e. The van der Waals surface area contributed by atoms with Crippen molar-refractivity contribution in [2.75, 3.05) is 13.1 Å². The van der Waals surface area contributed by atoms with Gasteiger partial charge in [0.15, 0.2) is 0 Å². The second kappa shape index (κ2) is 6.28. The highest BCUT2D eigenvalue weighted by Gasteiger charge is 2.64. The molecule has 6 heteroatoms. The molecule has 0 aromatic heterocycles. The van der Waals surface area contributed by atoms with Crippen LogP contribution in [0.15, 0.2) is 0 Å². The van der Waals surface area contributed by atoms with Crippen molar-refractivity contribution in [1.29, 1.82) is 5.26 Å². The van der Waals surface area contributed by atoms with Gasteiger partial charge in [0.1, 0.15) is 12.1 Å². The second-order valence-electron chi connectivity index (χ2n) is 8.35. The average molecular weight is 345 g/mol. The number of nitrogens with zero attached hydrogens (tertiary/aromatic N) is 2. The molecule has 4 fully saturated rings.